The zero-order valence-corrected chi connectivity index (χ0v) is 19.7. The van der Waals surface area contributed by atoms with Gasteiger partial charge in [-0.3, -0.25) is 14.5 Å². The Hall–Kier alpha value is -3.85. The molecule has 1 fully saturated rings. The number of fused-ring (bicyclic) bond motifs is 1. The molecule has 182 valence electrons. The number of hydrogen-bond donors (Lipinski definition) is 0. The number of hydrogen-bond acceptors (Lipinski definition) is 7. The Morgan fingerprint density at radius 2 is 1.60 bits per heavy atom. The maximum atomic E-state index is 12.9. The fourth-order valence-electron chi connectivity index (χ4n) is 4.37. The molecule has 0 aliphatic carbocycles. The van der Waals surface area contributed by atoms with Crippen molar-refractivity contribution in [3.05, 3.63) is 77.5 Å². The molecule has 3 aromatic rings. The van der Waals surface area contributed by atoms with E-state index in [2.05, 4.69) is 22.0 Å². The highest BCUT2D eigenvalue weighted by molar-refractivity contribution is 5.92. The lowest BCUT2D eigenvalue weighted by Gasteiger charge is -2.33. The fraction of sp³-hybridized carbons (Fsp3) is 0.346. The Bertz CT molecular complexity index is 1190. The normalized spacial score (nSPS) is 15.0. The van der Waals surface area contributed by atoms with Gasteiger partial charge in [-0.05, 0) is 23.3 Å². The molecule has 2 aliphatic rings. The van der Waals surface area contributed by atoms with Gasteiger partial charge in [0, 0.05) is 46.2 Å². The highest BCUT2D eigenvalue weighted by Crippen LogP contribution is 2.33. The minimum Gasteiger partial charge on any atom is -0.454 e. The van der Waals surface area contributed by atoms with E-state index in [-0.39, 0.29) is 18.6 Å². The zero-order chi connectivity index (χ0) is 24.2. The molecular formula is C26H28N4O5. The third kappa shape index (κ3) is 5.46. The molecule has 0 bridgehead atoms. The van der Waals surface area contributed by atoms with Crippen LogP contribution in [0.25, 0.3) is 0 Å². The molecule has 1 aromatic heterocycles. The number of nitrogens with zero attached hydrogens (tertiary/aromatic N) is 4. The second-order valence-electron chi connectivity index (χ2n) is 8.74. The van der Waals surface area contributed by atoms with Gasteiger partial charge in [0.15, 0.2) is 17.2 Å². The van der Waals surface area contributed by atoms with Crippen LogP contribution in [0, 0.1) is 0 Å². The summed E-state index contributed by atoms with van der Waals surface area (Å²) in [5.74, 6) is 1.84. The monoisotopic (exact) mass is 476 g/mol. The molecule has 1 saturated heterocycles. The third-order valence-electron chi connectivity index (χ3n) is 6.23. The van der Waals surface area contributed by atoms with E-state index in [9.17, 15) is 9.59 Å². The third-order valence-corrected chi connectivity index (χ3v) is 6.23. The summed E-state index contributed by atoms with van der Waals surface area (Å²) in [4.78, 5) is 34.6. The molecule has 0 N–H and O–H groups in total. The van der Waals surface area contributed by atoms with Crippen molar-refractivity contribution in [2.24, 2.45) is 0 Å². The van der Waals surface area contributed by atoms with Crippen LogP contribution >= 0.6 is 0 Å². The summed E-state index contributed by atoms with van der Waals surface area (Å²) in [5, 5.41) is 0. The van der Waals surface area contributed by atoms with E-state index in [4.69, 9.17) is 13.9 Å². The van der Waals surface area contributed by atoms with Gasteiger partial charge in [-0.2, -0.15) is 0 Å². The number of oxazole rings is 1. The first-order valence-electron chi connectivity index (χ1n) is 11.7. The van der Waals surface area contributed by atoms with Crippen LogP contribution in [0.1, 0.15) is 34.4 Å². The summed E-state index contributed by atoms with van der Waals surface area (Å²) in [7, 11) is 0. The van der Waals surface area contributed by atoms with Gasteiger partial charge in [-0.1, -0.05) is 36.4 Å². The number of aromatic nitrogens is 1. The lowest BCUT2D eigenvalue weighted by molar-refractivity contribution is -0.130. The van der Waals surface area contributed by atoms with Crippen molar-refractivity contribution >= 4 is 11.8 Å². The molecule has 0 saturated carbocycles. The predicted octanol–water partition coefficient (Wildman–Crippen LogP) is 2.91. The smallest absolute Gasteiger partial charge is 0.275 e. The first kappa shape index (κ1) is 22.9. The standard InChI is InChI=1S/C26H28N4O5/c1-19(31)29-9-11-30(12-10-29)26(32)22-17-33-25(27-22)16-28(14-20-5-3-2-4-6-20)15-21-7-8-23-24(13-21)35-18-34-23/h2-8,13,17H,9-12,14-16,18H2,1H3. The zero-order valence-electron chi connectivity index (χ0n) is 19.7. The summed E-state index contributed by atoms with van der Waals surface area (Å²) in [6.45, 7) is 5.61. The first-order chi connectivity index (χ1) is 17.0. The molecule has 9 heteroatoms. The van der Waals surface area contributed by atoms with Gasteiger partial charge in [0.25, 0.3) is 5.91 Å². The van der Waals surface area contributed by atoms with Crippen molar-refractivity contribution in [1.82, 2.24) is 19.7 Å². The summed E-state index contributed by atoms with van der Waals surface area (Å²) in [6, 6.07) is 16.1. The number of benzene rings is 2. The van der Waals surface area contributed by atoms with E-state index >= 15 is 0 Å². The summed E-state index contributed by atoms with van der Waals surface area (Å²) >= 11 is 0. The SMILES string of the molecule is CC(=O)N1CCN(C(=O)c2coc(CN(Cc3ccccc3)Cc3ccc4c(c3)OCO4)n2)CC1. The molecule has 0 unspecified atom stereocenters. The molecule has 5 rings (SSSR count). The number of ether oxygens (including phenoxy) is 2. The van der Waals surface area contributed by atoms with Crippen LogP contribution in [0.5, 0.6) is 11.5 Å². The van der Waals surface area contributed by atoms with Crippen LogP contribution in [0.2, 0.25) is 0 Å². The molecule has 2 aliphatic heterocycles. The largest absolute Gasteiger partial charge is 0.454 e. The summed E-state index contributed by atoms with van der Waals surface area (Å²) in [6.07, 6.45) is 1.43. The topological polar surface area (TPSA) is 88.4 Å². The molecule has 9 nitrogen and oxygen atoms in total. The number of carbonyl (C=O) groups excluding carboxylic acids is 2. The van der Waals surface area contributed by atoms with Crippen LogP contribution in [0.4, 0.5) is 0 Å². The summed E-state index contributed by atoms with van der Waals surface area (Å²) < 4.78 is 16.7. The van der Waals surface area contributed by atoms with E-state index in [1.54, 1.807) is 16.7 Å². The second-order valence-corrected chi connectivity index (χ2v) is 8.74. The van der Waals surface area contributed by atoms with Gasteiger partial charge in [-0.25, -0.2) is 4.98 Å². The van der Waals surface area contributed by atoms with Crippen LogP contribution in [-0.4, -0.2) is 64.5 Å². The molecule has 0 atom stereocenters. The van der Waals surface area contributed by atoms with E-state index < -0.39 is 0 Å². The maximum Gasteiger partial charge on any atom is 0.275 e. The Morgan fingerprint density at radius 1 is 0.886 bits per heavy atom. The highest BCUT2D eigenvalue weighted by Gasteiger charge is 2.26. The minimum atomic E-state index is -0.173. The van der Waals surface area contributed by atoms with Crippen molar-refractivity contribution in [2.75, 3.05) is 33.0 Å². The molecule has 3 heterocycles. The molecular weight excluding hydrogens is 448 g/mol. The number of amides is 2. The number of piperazine rings is 1. The highest BCUT2D eigenvalue weighted by atomic mass is 16.7. The van der Waals surface area contributed by atoms with Gasteiger partial charge >= 0.3 is 0 Å². The Labute approximate surface area is 203 Å². The predicted molar refractivity (Wildman–Crippen MR) is 127 cm³/mol. The van der Waals surface area contributed by atoms with Crippen LogP contribution in [0.15, 0.2) is 59.2 Å². The Morgan fingerprint density at radius 3 is 2.37 bits per heavy atom. The van der Waals surface area contributed by atoms with Crippen LogP contribution in [-0.2, 0) is 24.4 Å². The van der Waals surface area contributed by atoms with Gasteiger partial charge < -0.3 is 23.7 Å². The van der Waals surface area contributed by atoms with E-state index in [1.807, 2.05) is 36.4 Å². The first-order valence-corrected chi connectivity index (χ1v) is 11.7. The van der Waals surface area contributed by atoms with Crippen molar-refractivity contribution in [2.45, 2.75) is 26.6 Å². The van der Waals surface area contributed by atoms with Gasteiger partial charge in [-0.15, -0.1) is 0 Å². The Balaban J connectivity index is 1.27. The average molecular weight is 477 g/mol. The molecule has 2 aromatic carbocycles. The van der Waals surface area contributed by atoms with Gasteiger partial charge in [0.2, 0.25) is 18.6 Å². The van der Waals surface area contributed by atoms with Crippen LogP contribution in [0.3, 0.4) is 0 Å². The lowest BCUT2D eigenvalue weighted by Crippen LogP contribution is -2.50. The quantitative estimate of drug-likeness (QED) is 0.518. The van der Waals surface area contributed by atoms with E-state index in [1.165, 1.54) is 11.8 Å². The van der Waals surface area contributed by atoms with E-state index in [0.29, 0.717) is 57.4 Å². The molecule has 0 spiro atoms. The number of rotatable bonds is 7. The second kappa shape index (κ2) is 10.2. The van der Waals surface area contributed by atoms with E-state index in [0.717, 1.165) is 17.1 Å². The average Bonchev–Trinajstić information content (AvgIpc) is 3.53. The molecule has 0 radical (unpaired) electrons. The lowest BCUT2D eigenvalue weighted by atomic mass is 10.1. The van der Waals surface area contributed by atoms with Gasteiger partial charge in [0.05, 0.1) is 6.54 Å². The van der Waals surface area contributed by atoms with Crippen molar-refractivity contribution in [3.8, 4) is 11.5 Å². The summed E-state index contributed by atoms with van der Waals surface area (Å²) in [5.41, 5.74) is 2.54. The van der Waals surface area contributed by atoms with Crippen molar-refractivity contribution in [1.29, 1.82) is 0 Å². The Kier molecular flexibility index (Phi) is 6.67. The van der Waals surface area contributed by atoms with Crippen molar-refractivity contribution in [3.63, 3.8) is 0 Å². The van der Waals surface area contributed by atoms with Crippen molar-refractivity contribution < 1.29 is 23.5 Å². The van der Waals surface area contributed by atoms with Crippen LogP contribution < -0.4 is 9.47 Å². The maximum absolute atomic E-state index is 12.9. The van der Waals surface area contributed by atoms with Gasteiger partial charge in [0.1, 0.15) is 6.26 Å². The minimum absolute atomic E-state index is 0.0294. The fourth-order valence-corrected chi connectivity index (χ4v) is 4.37. The number of carbonyl (C=O) groups is 2. The molecule has 35 heavy (non-hydrogen) atoms. The molecule has 2 amide bonds.